The number of halogens is 6. The predicted molar refractivity (Wildman–Crippen MR) is 59.4 cm³/mol. The lowest BCUT2D eigenvalue weighted by atomic mass is 10.1. The molecule has 1 rings (SSSR count). The number of hydrogen-bond donors (Lipinski definition) is 0. The van der Waals surface area contributed by atoms with E-state index in [1.165, 1.54) is 6.92 Å². The number of carbonyl (C=O) groups is 1. The molecular formula is C11H8ClF5O3. The number of benzene rings is 1. The molecule has 1 atom stereocenters. The molecule has 0 aliphatic heterocycles. The fraction of sp³-hybridized carbons (Fsp3) is 0.364. The van der Waals surface area contributed by atoms with E-state index in [-0.39, 0.29) is 5.56 Å². The summed E-state index contributed by atoms with van der Waals surface area (Å²) < 4.78 is 68.0. The summed E-state index contributed by atoms with van der Waals surface area (Å²) in [6, 6.07) is 2.40. The van der Waals surface area contributed by atoms with Gasteiger partial charge in [0.2, 0.25) is 0 Å². The monoisotopic (exact) mass is 318 g/mol. The lowest BCUT2D eigenvalue weighted by Gasteiger charge is -2.14. The molecular weight excluding hydrogens is 311 g/mol. The molecule has 0 bridgehead atoms. The van der Waals surface area contributed by atoms with Gasteiger partial charge in [0.15, 0.2) is 17.3 Å². The molecule has 1 aromatic carbocycles. The highest BCUT2D eigenvalue weighted by Gasteiger charge is 2.33. The van der Waals surface area contributed by atoms with Gasteiger partial charge in [0.1, 0.15) is 0 Å². The van der Waals surface area contributed by atoms with Gasteiger partial charge in [-0.1, -0.05) is 0 Å². The molecule has 0 saturated heterocycles. The molecule has 20 heavy (non-hydrogen) atoms. The highest BCUT2D eigenvalue weighted by molar-refractivity contribution is 6.33. The third kappa shape index (κ3) is 4.84. The lowest BCUT2D eigenvalue weighted by Crippen LogP contribution is -2.19. The zero-order valence-electron chi connectivity index (χ0n) is 9.88. The Morgan fingerprint density at radius 2 is 1.85 bits per heavy atom. The largest absolute Gasteiger partial charge is 0.573 e. The van der Waals surface area contributed by atoms with Crippen LogP contribution < -0.4 is 9.47 Å². The van der Waals surface area contributed by atoms with E-state index in [4.69, 9.17) is 11.6 Å². The van der Waals surface area contributed by atoms with Gasteiger partial charge in [0.25, 0.3) is 0 Å². The molecule has 0 radical (unpaired) electrons. The van der Waals surface area contributed by atoms with Crippen LogP contribution in [0.2, 0.25) is 0 Å². The van der Waals surface area contributed by atoms with Crippen LogP contribution in [-0.2, 0) is 0 Å². The quantitative estimate of drug-likeness (QED) is 0.468. The maximum absolute atomic E-state index is 12.2. The van der Waals surface area contributed by atoms with Gasteiger partial charge in [-0.05, 0) is 25.1 Å². The number of ether oxygens (including phenoxy) is 2. The second-order valence-corrected chi connectivity index (χ2v) is 4.22. The van der Waals surface area contributed by atoms with E-state index in [0.29, 0.717) is 12.1 Å². The second-order valence-electron chi connectivity index (χ2n) is 3.57. The molecule has 9 heteroatoms. The van der Waals surface area contributed by atoms with E-state index >= 15 is 0 Å². The van der Waals surface area contributed by atoms with Gasteiger partial charge in [0.05, 0.1) is 5.38 Å². The Balaban J connectivity index is 3.16. The fourth-order valence-electron chi connectivity index (χ4n) is 1.29. The van der Waals surface area contributed by atoms with Crippen LogP contribution in [0.25, 0.3) is 0 Å². The van der Waals surface area contributed by atoms with Gasteiger partial charge in [-0.2, -0.15) is 8.78 Å². The Kier molecular flexibility index (Phi) is 5.15. The summed E-state index contributed by atoms with van der Waals surface area (Å²) in [4.78, 5) is 11.5. The van der Waals surface area contributed by atoms with E-state index in [0.717, 1.165) is 6.07 Å². The maximum atomic E-state index is 12.2. The van der Waals surface area contributed by atoms with Crippen molar-refractivity contribution in [2.45, 2.75) is 25.3 Å². The summed E-state index contributed by atoms with van der Waals surface area (Å²) in [6.45, 7) is -2.04. The molecule has 0 spiro atoms. The van der Waals surface area contributed by atoms with Crippen molar-refractivity contribution in [3.8, 4) is 11.5 Å². The first-order valence-corrected chi connectivity index (χ1v) is 5.56. The van der Waals surface area contributed by atoms with Crippen molar-refractivity contribution in [2.24, 2.45) is 0 Å². The molecule has 0 heterocycles. The summed E-state index contributed by atoms with van der Waals surface area (Å²) in [7, 11) is 0. The molecule has 3 nitrogen and oxygen atoms in total. The molecule has 1 unspecified atom stereocenters. The number of alkyl halides is 6. The SMILES string of the molecule is CC(Cl)C(=O)c1ccc(OC(F)(F)F)c(OC(F)F)c1. The smallest absolute Gasteiger partial charge is 0.431 e. The number of rotatable bonds is 5. The van der Waals surface area contributed by atoms with Crippen LogP contribution in [0.5, 0.6) is 11.5 Å². The van der Waals surface area contributed by atoms with Crippen molar-refractivity contribution < 1.29 is 36.2 Å². The van der Waals surface area contributed by atoms with Crippen LogP contribution in [0.4, 0.5) is 22.0 Å². The standard InChI is InChI=1S/C11H8ClF5O3/c1-5(12)9(18)6-2-3-7(20-11(15,16)17)8(4-6)19-10(13)14/h2-5,10H,1H3. The summed E-state index contributed by atoms with van der Waals surface area (Å²) in [5.41, 5.74) is -0.169. The van der Waals surface area contributed by atoms with Crippen molar-refractivity contribution in [3.63, 3.8) is 0 Å². The number of hydrogen-bond acceptors (Lipinski definition) is 3. The minimum atomic E-state index is -5.08. The van der Waals surface area contributed by atoms with E-state index < -0.39 is 35.6 Å². The van der Waals surface area contributed by atoms with E-state index in [2.05, 4.69) is 9.47 Å². The average molecular weight is 319 g/mol. The summed E-state index contributed by atoms with van der Waals surface area (Å²) in [6.07, 6.45) is -5.08. The van der Waals surface area contributed by atoms with Crippen LogP contribution in [0.1, 0.15) is 17.3 Å². The van der Waals surface area contributed by atoms with Gasteiger partial charge >= 0.3 is 13.0 Å². The normalized spacial score (nSPS) is 13.2. The highest BCUT2D eigenvalue weighted by atomic mass is 35.5. The summed E-state index contributed by atoms with van der Waals surface area (Å²) in [5.74, 6) is -2.53. The van der Waals surface area contributed by atoms with Crippen LogP contribution in [0.15, 0.2) is 18.2 Å². The molecule has 0 aliphatic rings. The summed E-state index contributed by atoms with van der Waals surface area (Å²) in [5, 5.41) is -0.969. The minimum Gasteiger partial charge on any atom is -0.431 e. The van der Waals surface area contributed by atoms with Gasteiger partial charge in [-0.15, -0.1) is 24.8 Å². The number of Topliss-reactive ketones (excluding diaryl/α,β-unsaturated/α-hetero) is 1. The van der Waals surface area contributed by atoms with Crippen LogP contribution in [0.3, 0.4) is 0 Å². The molecule has 0 aromatic heterocycles. The zero-order valence-corrected chi connectivity index (χ0v) is 10.6. The first-order chi connectivity index (χ1) is 9.10. The number of ketones is 1. The Labute approximate surface area is 115 Å². The van der Waals surface area contributed by atoms with Crippen molar-refractivity contribution in [1.29, 1.82) is 0 Å². The molecule has 0 fully saturated rings. The first-order valence-electron chi connectivity index (χ1n) is 5.13. The third-order valence-corrected chi connectivity index (χ3v) is 2.23. The molecule has 0 aliphatic carbocycles. The first kappa shape index (κ1) is 16.5. The Morgan fingerprint density at radius 1 is 1.25 bits per heavy atom. The molecule has 0 amide bonds. The Bertz CT molecular complexity index is 487. The molecule has 112 valence electrons. The molecule has 0 saturated carbocycles. The average Bonchev–Trinajstić information content (AvgIpc) is 2.27. The minimum absolute atomic E-state index is 0.169. The summed E-state index contributed by atoms with van der Waals surface area (Å²) >= 11 is 5.52. The zero-order chi connectivity index (χ0) is 15.5. The van der Waals surface area contributed by atoms with E-state index in [1.54, 1.807) is 0 Å². The van der Waals surface area contributed by atoms with Gasteiger partial charge in [0, 0.05) is 5.56 Å². The van der Waals surface area contributed by atoms with Gasteiger partial charge in [-0.3, -0.25) is 4.79 Å². The molecule has 0 N–H and O–H groups in total. The Morgan fingerprint density at radius 3 is 2.30 bits per heavy atom. The number of carbonyl (C=O) groups excluding carboxylic acids is 1. The van der Waals surface area contributed by atoms with Crippen LogP contribution in [0, 0.1) is 0 Å². The van der Waals surface area contributed by atoms with Gasteiger partial charge < -0.3 is 9.47 Å². The maximum Gasteiger partial charge on any atom is 0.573 e. The van der Waals surface area contributed by atoms with Crippen molar-refractivity contribution in [2.75, 3.05) is 0 Å². The van der Waals surface area contributed by atoms with E-state index in [1.807, 2.05) is 0 Å². The predicted octanol–water partition coefficient (Wildman–Crippen LogP) is 4.00. The van der Waals surface area contributed by atoms with Crippen LogP contribution in [-0.4, -0.2) is 24.1 Å². The highest BCUT2D eigenvalue weighted by Crippen LogP contribution is 2.34. The molecule has 1 aromatic rings. The van der Waals surface area contributed by atoms with Crippen molar-refractivity contribution in [3.05, 3.63) is 23.8 Å². The topological polar surface area (TPSA) is 35.5 Å². The van der Waals surface area contributed by atoms with Crippen molar-refractivity contribution in [1.82, 2.24) is 0 Å². The fourth-order valence-corrected chi connectivity index (χ4v) is 1.41. The Hall–Kier alpha value is -1.57. The van der Waals surface area contributed by atoms with Crippen LogP contribution >= 0.6 is 11.6 Å². The third-order valence-electron chi connectivity index (χ3n) is 2.03. The van der Waals surface area contributed by atoms with Crippen molar-refractivity contribution >= 4 is 17.4 Å². The van der Waals surface area contributed by atoms with E-state index in [9.17, 15) is 26.7 Å². The lowest BCUT2D eigenvalue weighted by molar-refractivity contribution is -0.275. The van der Waals surface area contributed by atoms with Gasteiger partial charge in [-0.25, -0.2) is 0 Å². The second kappa shape index (κ2) is 6.25.